The van der Waals surface area contributed by atoms with Gasteiger partial charge in [0.05, 0.1) is 18.7 Å². The molecular weight excluding hydrogens is 266 g/mol. The van der Waals surface area contributed by atoms with Crippen molar-refractivity contribution in [1.29, 1.82) is 0 Å². The Balaban J connectivity index is 1.74. The highest BCUT2D eigenvalue weighted by atomic mass is 16.5. The highest BCUT2D eigenvalue weighted by molar-refractivity contribution is 5.91. The molecule has 1 aliphatic rings. The minimum atomic E-state index is 0.0163. The van der Waals surface area contributed by atoms with Gasteiger partial charge in [-0.3, -0.25) is 9.69 Å². The van der Waals surface area contributed by atoms with Crippen LogP contribution in [-0.4, -0.2) is 48.9 Å². The van der Waals surface area contributed by atoms with E-state index in [1.165, 1.54) is 0 Å². The number of anilines is 1. The predicted molar refractivity (Wildman–Crippen MR) is 84.9 cm³/mol. The molecule has 1 aromatic heterocycles. The lowest BCUT2D eigenvalue weighted by atomic mass is 10.2. The number of morpholine rings is 1. The molecule has 5 nitrogen and oxygen atoms in total. The molecule has 21 heavy (non-hydrogen) atoms. The van der Waals surface area contributed by atoms with Crippen molar-refractivity contribution in [3.8, 4) is 0 Å². The third-order valence-electron chi connectivity index (χ3n) is 4.00. The summed E-state index contributed by atoms with van der Waals surface area (Å²) in [5, 5.41) is 4.49. The van der Waals surface area contributed by atoms with Gasteiger partial charge in [-0.1, -0.05) is 18.2 Å². The summed E-state index contributed by atoms with van der Waals surface area (Å²) in [4.78, 5) is 14.4. The quantitative estimate of drug-likeness (QED) is 0.920. The number of para-hydroxylation sites is 1. The molecule has 2 aromatic rings. The summed E-state index contributed by atoms with van der Waals surface area (Å²) in [5.74, 6) is 0. The number of aromatic nitrogens is 1. The van der Waals surface area contributed by atoms with Crippen molar-refractivity contribution in [3.05, 3.63) is 40.7 Å². The zero-order valence-electron chi connectivity index (χ0n) is 12.3. The number of hydrogen-bond acceptors (Lipinski definition) is 4. The number of nitrogens with zero attached hydrogens (tertiary/aromatic N) is 2. The molecule has 0 spiro atoms. The van der Waals surface area contributed by atoms with Crippen molar-refractivity contribution in [3.63, 3.8) is 0 Å². The first-order chi connectivity index (χ1) is 10.3. The van der Waals surface area contributed by atoms with Crippen LogP contribution in [0.2, 0.25) is 0 Å². The Morgan fingerprint density at radius 1 is 1.24 bits per heavy atom. The normalized spacial score (nSPS) is 16.2. The summed E-state index contributed by atoms with van der Waals surface area (Å²) in [6, 6.07) is 9.66. The number of pyridine rings is 1. The lowest BCUT2D eigenvalue weighted by Gasteiger charge is -2.26. The number of aryl methyl sites for hydroxylation is 1. The molecule has 0 unspecified atom stereocenters. The van der Waals surface area contributed by atoms with Gasteiger partial charge in [-0.25, -0.2) is 0 Å². The lowest BCUT2D eigenvalue weighted by Crippen LogP contribution is -2.39. The maximum Gasteiger partial charge on any atom is 0.252 e. The van der Waals surface area contributed by atoms with Gasteiger partial charge in [-0.2, -0.15) is 0 Å². The average molecular weight is 287 g/mol. The molecule has 5 heteroatoms. The third-order valence-corrected chi connectivity index (χ3v) is 4.00. The van der Waals surface area contributed by atoms with E-state index < -0.39 is 0 Å². The van der Waals surface area contributed by atoms with E-state index in [9.17, 15) is 4.79 Å². The van der Waals surface area contributed by atoms with Gasteiger partial charge in [-0.05, 0) is 6.07 Å². The Morgan fingerprint density at radius 3 is 2.81 bits per heavy atom. The van der Waals surface area contributed by atoms with E-state index >= 15 is 0 Å². The van der Waals surface area contributed by atoms with Gasteiger partial charge >= 0.3 is 0 Å². The van der Waals surface area contributed by atoms with E-state index in [0.29, 0.717) is 0 Å². The largest absolute Gasteiger partial charge is 0.383 e. The first-order valence-corrected chi connectivity index (χ1v) is 7.38. The van der Waals surface area contributed by atoms with Crippen LogP contribution in [0.4, 0.5) is 5.69 Å². The second-order valence-corrected chi connectivity index (χ2v) is 5.35. The van der Waals surface area contributed by atoms with Gasteiger partial charge in [-0.15, -0.1) is 0 Å². The summed E-state index contributed by atoms with van der Waals surface area (Å²) in [5.41, 5.74) is 1.89. The van der Waals surface area contributed by atoms with Crippen molar-refractivity contribution < 1.29 is 4.74 Å². The number of ether oxygens (including phenoxy) is 1. The molecule has 0 aliphatic carbocycles. The zero-order chi connectivity index (χ0) is 14.7. The van der Waals surface area contributed by atoms with E-state index in [-0.39, 0.29) is 5.56 Å². The van der Waals surface area contributed by atoms with E-state index in [1.54, 1.807) is 10.6 Å². The van der Waals surface area contributed by atoms with Crippen molar-refractivity contribution in [1.82, 2.24) is 9.47 Å². The topological polar surface area (TPSA) is 46.5 Å². The lowest BCUT2D eigenvalue weighted by molar-refractivity contribution is 0.0398. The second-order valence-electron chi connectivity index (χ2n) is 5.35. The summed E-state index contributed by atoms with van der Waals surface area (Å²) in [6.45, 7) is 5.39. The fraction of sp³-hybridized carbons (Fsp3) is 0.438. The first-order valence-electron chi connectivity index (χ1n) is 7.38. The molecule has 1 saturated heterocycles. The highest BCUT2D eigenvalue weighted by Gasteiger charge is 2.10. The Hall–Kier alpha value is -1.85. The molecule has 0 radical (unpaired) electrons. The Bertz CT molecular complexity index is 675. The minimum Gasteiger partial charge on any atom is -0.383 e. The van der Waals surface area contributed by atoms with Crippen LogP contribution in [0.3, 0.4) is 0 Å². The van der Waals surface area contributed by atoms with Crippen LogP contribution >= 0.6 is 0 Å². The number of hydrogen-bond donors (Lipinski definition) is 1. The first kappa shape index (κ1) is 14.1. The van der Waals surface area contributed by atoms with Crippen LogP contribution in [0, 0.1) is 0 Å². The Labute approximate surface area is 124 Å². The van der Waals surface area contributed by atoms with Crippen molar-refractivity contribution in [2.45, 2.75) is 0 Å². The van der Waals surface area contributed by atoms with Crippen molar-refractivity contribution in [2.75, 3.05) is 44.7 Å². The van der Waals surface area contributed by atoms with Gasteiger partial charge in [0.2, 0.25) is 0 Å². The zero-order valence-corrected chi connectivity index (χ0v) is 12.3. The van der Waals surface area contributed by atoms with Gasteiger partial charge < -0.3 is 14.6 Å². The molecule has 0 amide bonds. The molecule has 1 aliphatic heterocycles. The number of nitrogens with one attached hydrogen (secondary N) is 1. The van der Waals surface area contributed by atoms with E-state index in [1.807, 2.05) is 31.3 Å². The predicted octanol–water partition coefficient (Wildman–Crippen LogP) is 1.28. The van der Waals surface area contributed by atoms with Gasteiger partial charge in [0, 0.05) is 50.4 Å². The van der Waals surface area contributed by atoms with Gasteiger partial charge in [0.1, 0.15) is 0 Å². The fourth-order valence-corrected chi connectivity index (χ4v) is 2.73. The van der Waals surface area contributed by atoms with E-state index in [4.69, 9.17) is 4.74 Å². The fourth-order valence-electron chi connectivity index (χ4n) is 2.73. The molecule has 1 aromatic carbocycles. The monoisotopic (exact) mass is 287 g/mol. The molecule has 112 valence electrons. The standard InChI is InChI=1S/C16H21N3O2/c1-18-15-5-3-2-4-13(15)14(12-16(18)20)17-6-7-19-8-10-21-11-9-19/h2-5,12,17H,6-11H2,1H3. The summed E-state index contributed by atoms with van der Waals surface area (Å²) >= 11 is 0. The van der Waals surface area contributed by atoms with Gasteiger partial charge in [0.25, 0.3) is 5.56 Å². The molecule has 1 N–H and O–H groups in total. The number of fused-ring (bicyclic) bond motifs is 1. The van der Waals surface area contributed by atoms with Crippen LogP contribution in [-0.2, 0) is 11.8 Å². The van der Waals surface area contributed by atoms with Gasteiger partial charge in [0.15, 0.2) is 0 Å². The molecule has 3 rings (SSSR count). The van der Waals surface area contributed by atoms with Crippen LogP contribution in [0.1, 0.15) is 0 Å². The van der Waals surface area contributed by atoms with Crippen LogP contribution < -0.4 is 10.9 Å². The van der Waals surface area contributed by atoms with Crippen LogP contribution in [0.5, 0.6) is 0 Å². The smallest absolute Gasteiger partial charge is 0.252 e. The number of benzene rings is 1. The summed E-state index contributed by atoms with van der Waals surface area (Å²) < 4.78 is 7.03. The molecule has 0 saturated carbocycles. The molecule has 2 heterocycles. The Morgan fingerprint density at radius 2 is 2.00 bits per heavy atom. The van der Waals surface area contributed by atoms with Crippen molar-refractivity contribution >= 4 is 16.6 Å². The van der Waals surface area contributed by atoms with E-state index in [0.717, 1.165) is 56.0 Å². The average Bonchev–Trinajstić information content (AvgIpc) is 2.53. The van der Waals surface area contributed by atoms with E-state index in [2.05, 4.69) is 10.2 Å². The molecule has 0 atom stereocenters. The minimum absolute atomic E-state index is 0.0163. The highest BCUT2D eigenvalue weighted by Crippen LogP contribution is 2.20. The SMILES string of the molecule is Cn1c(=O)cc(NCCN2CCOCC2)c2ccccc21. The maximum atomic E-state index is 12.0. The summed E-state index contributed by atoms with van der Waals surface area (Å²) in [7, 11) is 1.81. The van der Waals surface area contributed by atoms with Crippen molar-refractivity contribution in [2.24, 2.45) is 7.05 Å². The Kier molecular flexibility index (Phi) is 4.22. The maximum absolute atomic E-state index is 12.0. The molecular formula is C16H21N3O2. The molecule has 1 fully saturated rings. The summed E-state index contributed by atoms with van der Waals surface area (Å²) in [6.07, 6.45) is 0. The molecule has 0 bridgehead atoms. The number of rotatable bonds is 4. The second kappa shape index (κ2) is 6.28. The third kappa shape index (κ3) is 3.09. The van der Waals surface area contributed by atoms with Crippen LogP contribution in [0.15, 0.2) is 35.1 Å². The van der Waals surface area contributed by atoms with Crippen LogP contribution in [0.25, 0.3) is 10.9 Å².